The standard InChI is InChI=1S/C16H28N6O2.HI/c1-3-17-16(18-9-13-5-4-8-24-13)19-12-6-7-15-20-14(11-23-2)21-22(15)10-12;/h12-13H,3-11H2,1-2H3,(H2,17,18,19);1H. The fraction of sp³-hybridized carbons (Fsp3) is 0.812. The number of aliphatic imine (C=N–C) groups is 1. The van der Waals surface area contributed by atoms with Gasteiger partial charge in [-0.3, -0.25) is 4.99 Å². The monoisotopic (exact) mass is 464 g/mol. The van der Waals surface area contributed by atoms with E-state index in [1.165, 1.54) is 0 Å². The molecule has 2 atom stereocenters. The Hall–Kier alpha value is -0.940. The number of fused-ring (bicyclic) bond motifs is 1. The van der Waals surface area contributed by atoms with Crippen LogP contribution >= 0.6 is 24.0 Å². The molecule has 0 amide bonds. The van der Waals surface area contributed by atoms with Crippen molar-refractivity contribution in [2.24, 2.45) is 4.99 Å². The SMILES string of the molecule is CCNC(=NCC1CCCO1)NC1CCc2nc(COC)nn2C1.I. The molecule has 0 radical (unpaired) electrons. The largest absolute Gasteiger partial charge is 0.377 e. The van der Waals surface area contributed by atoms with Crippen molar-refractivity contribution in [1.82, 2.24) is 25.4 Å². The van der Waals surface area contributed by atoms with Gasteiger partial charge in [-0.15, -0.1) is 24.0 Å². The first-order chi connectivity index (χ1) is 11.8. The van der Waals surface area contributed by atoms with Crippen LogP contribution in [-0.2, 0) is 29.0 Å². The molecular formula is C16H29IN6O2. The Labute approximate surface area is 166 Å². The van der Waals surface area contributed by atoms with E-state index in [2.05, 4.69) is 32.6 Å². The molecule has 3 rings (SSSR count). The lowest BCUT2D eigenvalue weighted by Crippen LogP contribution is -2.47. The number of methoxy groups -OCH3 is 1. The summed E-state index contributed by atoms with van der Waals surface area (Å²) in [5.41, 5.74) is 0. The molecule has 1 fully saturated rings. The highest BCUT2D eigenvalue weighted by Gasteiger charge is 2.22. The number of ether oxygens (including phenoxy) is 2. The van der Waals surface area contributed by atoms with Crippen LogP contribution in [0.3, 0.4) is 0 Å². The molecule has 0 aromatic carbocycles. The molecule has 25 heavy (non-hydrogen) atoms. The zero-order valence-corrected chi connectivity index (χ0v) is 17.4. The predicted octanol–water partition coefficient (Wildman–Crippen LogP) is 1.09. The van der Waals surface area contributed by atoms with Gasteiger partial charge in [0.25, 0.3) is 0 Å². The minimum atomic E-state index is 0. The average Bonchev–Trinajstić information content (AvgIpc) is 3.21. The van der Waals surface area contributed by atoms with Gasteiger partial charge in [-0.1, -0.05) is 0 Å². The van der Waals surface area contributed by atoms with Crippen molar-refractivity contribution >= 4 is 29.9 Å². The molecule has 0 saturated carbocycles. The van der Waals surface area contributed by atoms with E-state index in [0.717, 1.165) is 63.0 Å². The molecule has 0 aliphatic carbocycles. The van der Waals surface area contributed by atoms with Crippen molar-refractivity contribution in [3.8, 4) is 0 Å². The van der Waals surface area contributed by atoms with Crippen LogP contribution in [0.25, 0.3) is 0 Å². The van der Waals surface area contributed by atoms with Gasteiger partial charge >= 0.3 is 0 Å². The van der Waals surface area contributed by atoms with Gasteiger partial charge in [-0.25, -0.2) is 9.67 Å². The predicted molar refractivity (Wildman–Crippen MR) is 106 cm³/mol. The lowest BCUT2D eigenvalue weighted by Gasteiger charge is -2.25. The maximum absolute atomic E-state index is 5.65. The zero-order valence-electron chi connectivity index (χ0n) is 15.0. The number of hydrogen-bond acceptors (Lipinski definition) is 5. The molecule has 0 bridgehead atoms. The third-order valence-corrected chi connectivity index (χ3v) is 4.34. The first-order valence-corrected chi connectivity index (χ1v) is 8.86. The van der Waals surface area contributed by atoms with Gasteiger partial charge in [0.05, 0.1) is 19.2 Å². The fourth-order valence-electron chi connectivity index (χ4n) is 3.16. The highest BCUT2D eigenvalue weighted by Crippen LogP contribution is 2.14. The molecule has 8 nitrogen and oxygen atoms in total. The molecule has 2 aliphatic heterocycles. The Balaban J connectivity index is 0.00000225. The van der Waals surface area contributed by atoms with Crippen molar-refractivity contribution in [3.63, 3.8) is 0 Å². The van der Waals surface area contributed by atoms with Crippen molar-refractivity contribution in [3.05, 3.63) is 11.6 Å². The smallest absolute Gasteiger partial charge is 0.191 e. The van der Waals surface area contributed by atoms with Crippen LogP contribution in [-0.4, -0.2) is 59.7 Å². The molecule has 2 aliphatic rings. The first-order valence-electron chi connectivity index (χ1n) is 8.86. The van der Waals surface area contributed by atoms with Crippen LogP contribution in [0, 0.1) is 0 Å². The summed E-state index contributed by atoms with van der Waals surface area (Å²) < 4.78 is 12.7. The van der Waals surface area contributed by atoms with Crippen LogP contribution in [0.5, 0.6) is 0 Å². The maximum Gasteiger partial charge on any atom is 0.191 e. The number of rotatable bonds is 6. The van der Waals surface area contributed by atoms with Crippen LogP contribution in [0.4, 0.5) is 0 Å². The lowest BCUT2D eigenvalue weighted by molar-refractivity contribution is 0.117. The van der Waals surface area contributed by atoms with E-state index in [1.54, 1.807) is 7.11 Å². The number of aromatic nitrogens is 3. The number of nitrogens with one attached hydrogen (secondary N) is 2. The van der Waals surface area contributed by atoms with E-state index in [0.29, 0.717) is 19.2 Å². The lowest BCUT2D eigenvalue weighted by atomic mass is 10.1. The molecule has 2 unspecified atom stereocenters. The summed E-state index contributed by atoms with van der Waals surface area (Å²) in [6.45, 7) is 5.77. The van der Waals surface area contributed by atoms with Gasteiger partial charge < -0.3 is 20.1 Å². The maximum atomic E-state index is 5.65. The van der Waals surface area contributed by atoms with Crippen LogP contribution in [0.1, 0.15) is 37.8 Å². The van der Waals surface area contributed by atoms with Gasteiger partial charge in [0.15, 0.2) is 11.8 Å². The van der Waals surface area contributed by atoms with Gasteiger partial charge in [-0.05, 0) is 26.2 Å². The van der Waals surface area contributed by atoms with Crippen molar-refractivity contribution in [2.75, 3.05) is 26.8 Å². The third kappa shape index (κ3) is 5.78. The summed E-state index contributed by atoms with van der Waals surface area (Å²) in [5, 5.41) is 11.4. The molecule has 1 aromatic heterocycles. The molecule has 1 aromatic rings. The molecule has 9 heteroatoms. The van der Waals surface area contributed by atoms with Gasteiger partial charge in [0.1, 0.15) is 12.4 Å². The molecule has 1 saturated heterocycles. The molecule has 2 N–H and O–H groups in total. The van der Waals surface area contributed by atoms with Crippen LogP contribution in [0.2, 0.25) is 0 Å². The van der Waals surface area contributed by atoms with Crippen molar-refractivity contribution < 1.29 is 9.47 Å². The minimum absolute atomic E-state index is 0. The van der Waals surface area contributed by atoms with Crippen LogP contribution < -0.4 is 10.6 Å². The second kappa shape index (κ2) is 10.3. The minimum Gasteiger partial charge on any atom is -0.377 e. The van der Waals surface area contributed by atoms with E-state index >= 15 is 0 Å². The van der Waals surface area contributed by atoms with E-state index in [9.17, 15) is 0 Å². The molecular weight excluding hydrogens is 435 g/mol. The fourth-order valence-corrected chi connectivity index (χ4v) is 3.16. The third-order valence-electron chi connectivity index (χ3n) is 4.34. The van der Waals surface area contributed by atoms with Crippen LogP contribution in [0.15, 0.2) is 4.99 Å². The second-order valence-electron chi connectivity index (χ2n) is 6.29. The van der Waals surface area contributed by atoms with E-state index < -0.39 is 0 Å². The second-order valence-corrected chi connectivity index (χ2v) is 6.29. The number of guanidine groups is 1. The Kier molecular flexibility index (Phi) is 8.37. The summed E-state index contributed by atoms with van der Waals surface area (Å²) in [5.74, 6) is 2.66. The summed E-state index contributed by atoms with van der Waals surface area (Å²) in [4.78, 5) is 9.20. The highest BCUT2D eigenvalue weighted by atomic mass is 127. The summed E-state index contributed by atoms with van der Waals surface area (Å²) in [7, 11) is 1.66. The van der Waals surface area contributed by atoms with Gasteiger partial charge in [-0.2, -0.15) is 5.10 Å². The number of nitrogens with zero attached hydrogens (tertiary/aromatic N) is 4. The topological polar surface area (TPSA) is 85.6 Å². The molecule has 0 spiro atoms. The number of hydrogen-bond donors (Lipinski definition) is 2. The Bertz CT molecular complexity index is 559. The van der Waals surface area contributed by atoms with E-state index in [1.807, 2.05) is 4.68 Å². The van der Waals surface area contributed by atoms with Gasteiger partial charge in [0, 0.05) is 32.7 Å². The summed E-state index contributed by atoms with van der Waals surface area (Å²) in [6, 6.07) is 0.303. The Morgan fingerprint density at radius 3 is 3.04 bits per heavy atom. The normalized spacial score (nSPS) is 23.0. The molecule has 3 heterocycles. The summed E-state index contributed by atoms with van der Waals surface area (Å²) in [6.07, 6.45) is 4.46. The molecule has 142 valence electrons. The number of halogens is 1. The Morgan fingerprint density at radius 2 is 2.32 bits per heavy atom. The highest BCUT2D eigenvalue weighted by molar-refractivity contribution is 14.0. The van der Waals surface area contributed by atoms with Gasteiger partial charge in [0.2, 0.25) is 0 Å². The van der Waals surface area contributed by atoms with E-state index in [-0.39, 0.29) is 30.1 Å². The van der Waals surface area contributed by atoms with E-state index in [4.69, 9.17) is 9.47 Å². The van der Waals surface area contributed by atoms with Crippen molar-refractivity contribution in [1.29, 1.82) is 0 Å². The number of aryl methyl sites for hydroxylation is 1. The summed E-state index contributed by atoms with van der Waals surface area (Å²) >= 11 is 0. The average molecular weight is 464 g/mol. The first kappa shape index (κ1) is 20.4. The quantitative estimate of drug-likeness (QED) is 0.373. The zero-order chi connectivity index (χ0) is 16.8. The Morgan fingerprint density at radius 1 is 1.44 bits per heavy atom. The van der Waals surface area contributed by atoms with Crippen molar-refractivity contribution in [2.45, 2.75) is 57.9 Å².